The number of carboxylic acid groups (broad SMARTS) is 1. The molecular formula is C10H14N2O3. The summed E-state index contributed by atoms with van der Waals surface area (Å²) in [5, 5.41) is 20.2. The number of rotatable bonds is 5. The van der Waals surface area contributed by atoms with E-state index in [1.165, 1.54) is 6.20 Å². The highest BCUT2D eigenvalue weighted by atomic mass is 16.4. The summed E-state index contributed by atoms with van der Waals surface area (Å²) < 4.78 is 0. The van der Waals surface area contributed by atoms with E-state index in [4.69, 9.17) is 10.2 Å². The summed E-state index contributed by atoms with van der Waals surface area (Å²) in [4.78, 5) is 14.7. The zero-order chi connectivity index (χ0) is 11.3. The minimum absolute atomic E-state index is 0.0367. The zero-order valence-electron chi connectivity index (χ0n) is 8.47. The number of aliphatic hydroxyl groups excluding tert-OH is 1. The number of anilines is 1. The van der Waals surface area contributed by atoms with Crippen LogP contribution in [0.25, 0.3) is 0 Å². The largest absolute Gasteiger partial charge is 0.481 e. The molecule has 0 fully saturated rings. The zero-order valence-corrected chi connectivity index (χ0v) is 8.47. The fourth-order valence-electron chi connectivity index (χ4n) is 1.09. The fraction of sp³-hybridized carbons (Fsp3) is 0.400. The molecule has 0 aliphatic heterocycles. The van der Waals surface area contributed by atoms with Crippen LogP contribution in [0.1, 0.15) is 18.4 Å². The van der Waals surface area contributed by atoms with Gasteiger partial charge in [-0.2, -0.15) is 0 Å². The summed E-state index contributed by atoms with van der Waals surface area (Å²) >= 11 is 0. The van der Waals surface area contributed by atoms with Crippen molar-refractivity contribution in [2.24, 2.45) is 0 Å². The maximum Gasteiger partial charge on any atom is 0.310 e. The molecule has 1 heterocycles. The van der Waals surface area contributed by atoms with Crippen molar-refractivity contribution in [2.75, 3.05) is 18.5 Å². The van der Waals surface area contributed by atoms with Crippen LogP contribution in [0, 0.1) is 0 Å². The van der Waals surface area contributed by atoms with Crippen molar-refractivity contribution in [2.45, 2.75) is 12.8 Å². The number of carbonyl (C=O) groups is 1. The van der Waals surface area contributed by atoms with Gasteiger partial charge >= 0.3 is 5.97 Å². The Kier molecular flexibility index (Phi) is 4.05. The van der Waals surface area contributed by atoms with E-state index in [0.29, 0.717) is 17.9 Å². The molecule has 5 heteroatoms. The second kappa shape index (κ2) is 5.31. The highest BCUT2D eigenvalue weighted by molar-refractivity contribution is 5.75. The average molecular weight is 210 g/mol. The van der Waals surface area contributed by atoms with E-state index in [1.54, 1.807) is 19.1 Å². The van der Waals surface area contributed by atoms with Crippen LogP contribution in [-0.4, -0.2) is 34.3 Å². The van der Waals surface area contributed by atoms with Crippen molar-refractivity contribution in [3.05, 3.63) is 23.9 Å². The van der Waals surface area contributed by atoms with E-state index >= 15 is 0 Å². The molecular weight excluding hydrogens is 196 g/mol. The first-order valence-corrected chi connectivity index (χ1v) is 4.68. The van der Waals surface area contributed by atoms with E-state index in [2.05, 4.69) is 10.3 Å². The minimum atomic E-state index is -0.868. The van der Waals surface area contributed by atoms with E-state index < -0.39 is 11.9 Å². The Morgan fingerprint density at radius 1 is 1.60 bits per heavy atom. The van der Waals surface area contributed by atoms with E-state index in [-0.39, 0.29) is 6.61 Å². The van der Waals surface area contributed by atoms with Gasteiger partial charge in [-0.3, -0.25) is 4.79 Å². The van der Waals surface area contributed by atoms with Gasteiger partial charge < -0.3 is 15.5 Å². The predicted molar refractivity (Wildman–Crippen MR) is 55.9 cm³/mol. The van der Waals surface area contributed by atoms with E-state index in [9.17, 15) is 4.79 Å². The molecule has 0 aliphatic rings. The molecule has 0 saturated carbocycles. The quantitative estimate of drug-likeness (QED) is 0.665. The van der Waals surface area contributed by atoms with Crippen molar-refractivity contribution in [3.8, 4) is 0 Å². The third-order valence-electron chi connectivity index (χ3n) is 2.07. The first kappa shape index (κ1) is 11.5. The normalized spacial score (nSPS) is 12.1. The highest BCUT2D eigenvalue weighted by Gasteiger charge is 2.13. The Hall–Kier alpha value is -1.62. The third-order valence-corrected chi connectivity index (χ3v) is 2.07. The first-order chi connectivity index (χ1) is 7.15. The smallest absolute Gasteiger partial charge is 0.310 e. The summed E-state index contributed by atoms with van der Waals surface area (Å²) in [7, 11) is 0. The number of hydrogen-bond donors (Lipinski definition) is 3. The van der Waals surface area contributed by atoms with Crippen LogP contribution in [-0.2, 0) is 4.79 Å². The predicted octanol–water partition coefficient (Wildman–Crippen LogP) is 0.674. The molecule has 1 aromatic rings. The Morgan fingerprint density at radius 3 is 2.80 bits per heavy atom. The Bertz CT molecular complexity index is 324. The van der Waals surface area contributed by atoms with Crippen molar-refractivity contribution < 1.29 is 15.0 Å². The molecule has 0 saturated heterocycles. The molecule has 0 amide bonds. The Balaban J connectivity index is 2.67. The number of nitrogens with zero attached hydrogens (tertiary/aromatic N) is 1. The van der Waals surface area contributed by atoms with Crippen LogP contribution >= 0.6 is 0 Å². The van der Waals surface area contributed by atoms with Gasteiger partial charge in [-0.05, 0) is 18.6 Å². The topological polar surface area (TPSA) is 82.5 Å². The van der Waals surface area contributed by atoms with Crippen LogP contribution < -0.4 is 5.32 Å². The van der Waals surface area contributed by atoms with Gasteiger partial charge in [0.15, 0.2) is 0 Å². The molecule has 1 aromatic heterocycles. The SMILES string of the molecule is C[C@@H](C(=O)O)c1ccc(NCCO)nc1. The average Bonchev–Trinajstić information content (AvgIpc) is 2.26. The van der Waals surface area contributed by atoms with Crippen molar-refractivity contribution in [1.82, 2.24) is 4.98 Å². The lowest BCUT2D eigenvalue weighted by Gasteiger charge is -2.07. The number of pyridine rings is 1. The molecule has 0 spiro atoms. The second-order valence-corrected chi connectivity index (χ2v) is 3.19. The number of aliphatic hydroxyl groups is 1. The number of hydrogen-bond acceptors (Lipinski definition) is 4. The molecule has 82 valence electrons. The number of carboxylic acids is 1. The molecule has 0 aliphatic carbocycles. The maximum atomic E-state index is 10.7. The summed E-state index contributed by atoms with van der Waals surface area (Å²) in [6.07, 6.45) is 1.53. The van der Waals surface area contributed by atoms with Gasteiger partial charge in [-0.25, -0.2) is 4.98 Å². The molecule has 0 radical (unpaired) electrons. The maximum absolute atomic E-state index is 10.7. The monoisotopic (exact) mass is 210 g/mol. The Labute approximate surface area is 87.8 Å². The highest BCUT2D eigenvalue weighted by Crippen LogP contribution is 2.15. The van der Waals surface area contributed by atoms with Gasteiger partial charge in [-0.15, -0.1) is 0 Å². The van der Waals surface area contributed by atoms with Gasteiger partial charge in [0, 0.05) is 12.7 Å². The first-order valence-electron chi connectivity index (χ1n) is 4.68. The van der Waals surface area contributed by atoms with Crippen LogP contribution in [0.15, 0.2) is 18.3 Å². The van der Waals surface area contributed by atoms with Crippen LogP contribution in [0.2, 0.25) is 0 Å². The lowest BCUT2D eigenvalue weighted by atomic mass is 10.0. The number of aliphatic carboxylic acids is 1. The molecule has 1 rings (SSSR count). The van der Waals surface area contributed by atoms with Crippen LogP contribution in [0.4, 0.5) is 5.82 Å². The van der Waals surface area contributed by atoms with Gasteiger partial charge in [0.2, 0.25) is 0 Å². The number of aromatic nitrogens is 1. The molecule has 15 heavy (non-hydrogen) atoms. The second-order valence-electron chi connectivity index (χ2n) is 3.19. The van der Waals surface area contributed by atoms with Gasteiger partial charge in [0.1, 0.15) is 5.82 Å². The van der Waals surface area contributed by atoms with E-state index in [0.717, 1.165) is 0 Å². The molecule has 5 nitrogen and oxygen atoms in total. The fourth-order valence-corrected chi connectivity index (χ4v) is 1.09. The summed E-state index contributed by atoms with van der Waals surface area (Å²) in [6, 6.07) is 3.41. The molecule has 0 unspecified atom stereocenters. The summed E-state index contributed by atoms with van der Waals surface area (Å²) in [5.41, 5.74) is 0.664. The standard InChI is InChI=1S/C10H14N2O3/c1-7(10(14)15)8-2-3-9(12-6-8)11-4-5-13/h2-3,6-7,13H,4-5H2,1H3,(H,11,12)(H,14,15)/t7-/m1/s1. The molecule has 1 atom stereocenters. The van der Waals surface area contributed by atoms with Crippen molar-refractivity contribution >= 4 is 11.8 Å². The van der Waals surface area contributed by atoms with E-state index in [1.807, 2.05) is 0 Å². The summed E-state index contributed by atoms with van der Waals surface area (Å²) in [6.45, 7) is 2.08. The van der Waals surface area contributed by atoms with Crippen LogP contribution in [0.5, 0.6) is 0 Å². The molecule has 0 aromatic carbocycles. The lowest BCUT2D eigenvalue weighted by Crippen LogP contribution is -2.09. The van der Waals surface area contributed by atoms with Gasteiger partial charge in [-0.1, -0.05) is 6.07 Å². The molecule has 0 bridgehead atoms. The molecule has 3 N–H and O–H groups in total. The van der Waals surface area contributed by atoms with Crippen LogP contribution in [0.3, 0.4) is 0 Å². The van der Waals surface area contributed by atoms with Gasteiger partial charge in [0.25, 0.3) is 0 Å². The Morgan fingerprint density at radius 2 is 2.33 bits per heavy atom. The third kappa shape index (κ3) is 3.21. The van der Waals surface area contributed by atoms with Gasteiger partial charge in [0.05, 0.1) is 12.5 Å². The van der Waals surface area contributed by atoms with Crippen molar-refractivity contribution in [3.63, 3.8) is 0 Å². The minimum Gasteiger partial charge on any atom is -0.481 e. The summed E-state index contributed by atoms with van der Waals surface area (Å²) in [5.74, 6) is -0.789. The lowest BCUT2D eigenvalue weighted by molar-refractivity contribution is -0.138. The number of nitrogens with one attached hydrogen (secondary N) is 1. The van der Waals surface area contributed by atoms with Crippen molar-refractivity contribution in [1.29, 1.82) is 0 Å².